The molecule has 1 saturated heterocycles. The first-order valence-corrected chi connectivity index (χ1v) is 10.6. The molecule has 7 heteroatoms. The fourth-order valence-electron chi connectivity index (χ4n) is 4.67. The lowest BCUT2D eigenvalue weighted by Gasteiger charge is -2.45. The molecule has 0 amide bonds. The smallest absolute Gasteiger partial charge is 0.199 e. The number of halogens is 1. The number of fused-ring (bicyclic) bond motifs is 3. The summed E-state index contributed by atoms with van der Waals surface area (Å²) in [5, 5.41) is 10.4. The van der Waals surface area contributed by atoms with E-state index in [0.29, 0.717) is 12.0 Å². The van der Waals surface area contributed by atoms with Crippen LogP contribution < -0.4 is 9.47 Å². The monoisotopic (exact) mass is 403 g/mol. The number of piperidine rings is 1. The molecular formula is C22H31BFNO4. The van der Waals surface area contributed by atoms with Crippen molar-refractivity contribution in [2.45, 2.75) is 76.3 Å². The van der Waals surface area contributed by atoms with Gasteiger partial charge in [-0.15, -0.1) is 0 Å². The average Bonchev–Trinajstić information content (AvgIpc) is 3.47. The Hall–Kier alpha value is -1.31. The second kappa shape index (κ2) is 7.43. The third-order valence-corrected chi connectivity index (χ3v) is 6.14. The summed E-state index contributed by atoms with van der Waals surface area (Å²) in [5.74, 6) is -0.435. The van der Waals surface area contributed by atoms with E-state index >= 15 is 4.39 Å². The molecule has 2 aliphatic heterocycles. The SMILES string of the molecule is [B]C(O)(Oc1c(OC)cc2c(c1F)CCN1CC(OC(C)(C)C)CCC21)C1CC1. The van der Waals surface area contributed by atoms with Crippen LogP contribution in [0, 0.1) is 11.7 Å². The van der Waals surface area contributed by atoms with Gasteiger partial charge >= 0.3 is 0 Å². The van der Waals surface area contributed by atoms with Crippen LogP contribution >= 0.6 is 0 Å². The second-order valence-electron chi connectivity index (χ2n) is 9.61. The van der Waals surface area contributed by atoms with E-state index in [1.807, 2.05) is 6.07 Å². The third kappa shape index (κ3) is 4.28. The normalized spacial score (nSPS) is 27.0. The molecule has 158 valence electrons. The van der Waals surface area contributed by atoms with Gasteiger partial charge in [-0.1, -0.05) is 0 Å². The van der Waals surface area contributed by atoms with Crippen LogP contribution in [0.2, 0.25) is 0 Å². The number of rotatable bonds is 5. The van der Waals surface area contributed by atoms with E-state index in [1.54, 1.807) is 0 Å². The summed E-state index contributed by atoms with van der Waals surface area (Å²) in [5.41, 5.74) is -0.457. The van der Waals surface area contributed by atoms with E-state index in [-0.39, 0.29) is 35.2 Å². The number of methoxy groups -OCH3 is 1. The second-order valence-corrected chi connectivity index (χ2v) is 9.61. The van der Waals surface area contributed by atoms with Crippen LogP contribution in [0.4, 0.5) is 4.39 Å². The maximum absolute atomic E-state index is 15.5. The summed E-state index contributed by atoms with van der Waals surface area (Å²) < 4.78 is 32.6. The molecule has 1 aliphatic carbocycles. The van der Waals surface area contributed by atoms with Crippen LogP contribution in [-0.4, -0.2) is 55.4 Å². The molecule has 2 fully saturated rings. The van der Waals surface area contributed by atoms with Crippen molar-refractivity contribution >= 4 is 7.85 Å². The van der Waals surface area contributed by atoms with Gasteiger partial charge < -0.3 is 19.3 Å². The molecule has 2 radical (unpaired) electrons. The van der Waals surface area contributed by atoms with Gasteiger partial charge in [-0.05, 0) is 70.1 Å². The Labute approximate surface area is 173 Å². The van der Waals surface area contributed by atoms with E-state index < -0.39 is 11.5 Å². The first-order valence-electron chi connectivity index (χ1n) is 10.6. The Balaban J connectivity index is 1.60. The van der Waals surface area contributed by atoms with E-state index in [4.69, 9.17) is 22.1 Å². The largest absolute Gasteiger partial charge is 0.493 e. The van der Waals surface area contributed by atoms with Crippen molar-refractivity contribution in [2.75, 3.05) is 20.2 Å². The highest BCUT2D eigenvalue weighted by Crippen LogP contribution is 2.47. The minimum atomic E-state index is -1.87. The molecule has 1 aromatic carbocycles. The number of nitrogens with zero attached hydrogens (tertiary/aromatic N) is 1. The first kappa shape index (κ1) is 20.9. The first-order chi connectivity index (χ1) is 13.6. The van der Waals surface area contributed by atoms with Gasteiger partial charge in [0.1, 0.15) is 0 Å². The van der Waals surface area contributed by atoms with Gasteiger partial charge in [0.15, 0.2) is 30.8 Å². The van der Waals surface area contributed by atoms with Gasteiger partial charge in [0.25, 0.3) is 0 Å². The molecule has 3 unspecified atom stereocenters. The van der Waals surface area contributed by atoms with Crippen molar-refractivity contribution in [3.8, 4) is 11.5 Å². The fraction of sp³-hybridized carbons (Fsp3) is 0.727. The summed E-state index contributed by atoms with van der Waals surface area (Å²) in [6.45, 7) is 7.83. The zero-order chi connectivity index (χ0) is 21.0. The standard InChI is InChI=1S/C22H31BFNO4/c1-21(2,3)28-14-7-8-17-16-11-18(27-4)20(29-22(23,26)13-5-6-13)19(24)15(16)9-10-25(17)12-14/h11,13-14,17,26H,5-10,12H2,1-4H3. The number of aliphatic hydroxyl groups is 1. The minimum Gasteiger partial charge on any atom is -0.493 e. The Morgan fingerprint density at radius 1 is 1.21 bits per heavy atom. The van der Waals surface area contributed by atoms with Crippen LogP contribution in [0.25, 0.3) is 0 Å². The topological polar surface area (TPSA) is 51.2 Å². The van der Waals surface area contributed by atoms with Crippen molar-refractivity contribution in [3.63, 3.8) is 0 Å². The molecule has 5 nitrogen and oxygen atoms in total. The van der Waals surface area contributed by atoms with Crippen LogP contribution in [-0.2, 0) is 11.2 Å². The summed E-state index contributed by atoms with van der Waals surface area (Å²) in [4.78, 5) is 2.38. The van der Waals surface area contributed by atoms with Gasteiger partial charge in [-0.3, -0.25) is 4.90 Å². The van der Waals surface area contributed by atoms with Crippen LogP contribution in [0.3, 0.4) is 0 Å². The predicted molar refractivity (Wildman–Crippen MR) is 109 cm³/mol. The lowest BCUT2D eigenvalue weighted by molar-refractivity contribution is -0.0975. The molecule has 0 spiro atoms. The Morgan fingerprint density at radius 2 is 1.93 bits per heavy atom. The predicted octanol–water partition coefficient (Wildman–Crippen LogP) is 3.31. The summed E-state index contributed by atoms with van der Waals surface area (Å²) in [6, 6.07) is 1.99. The zero-order valence-electron chi connectivity index (χ0n) is 17.8. The molecule has 1 saturated carbocycles. The van der Waals surface area contributed by atoms with Crippen molar-refractivity contribution in [1.82, 2.24) is 4.90 Å². The van der Waals surface area contributed by atoms with E-state index in [2.05, 4.69) is 25.7 Å². The van der Waals surface area contributed by atoms with Crippen molar-refractivity contribution in [2.24, 2.45) is 5.92 Å². The molecule has 3 aliphatic rings. The van der Waals surface area contributed by atoms with Crippen LogP contribution in [0.1, 0.15) is 63.6 Å². The molecule has 0 aromatic heterocycles. The van der Waals surface area contributed by atoms with Gasteiger partial charge in [0, 0.05) is 25.0 Å². The maximum Gasteiger partial charge on any atom is 0.199 e. The van der Waals surface area contributed by atoms with E-state index in [1.165, 1.54) is 7.11 Å². The number of ether oxygens (including phenoxy) is 3. The number of hydrogen-bond acceptors (Lipinski definition) is 5. The third-order valence-electron chi connectivity index (χ3n) is 6.14. The molecule has 2 heterocycles. The van der Waals surface area contributed by atoms with Crippen molar-refractivity contribution in [3.05, 3.63) is 23.0 Å². The average molecular weight is 403 g/mol. The number of hydrogen-bond donors (Lipinski definition) is 1. The summed E-state index contributed by atoms with van der Waals surface area (Å²) in [6.07, 6.45) is 4.15. The highest BCUT2D eigenvalue weighted by molar-refractivity contribution is 6.13. The minimum absolute atomic E-state index is 0.0821. The van der Waals surface area contributed by atoms with E-state index in [0.717, 1.165) is 44.3 Å². The van der Waals surface area contributed by atoms with Crippen molar-refractivity contribution in [1.29, 1.82) is 0 Å². The van der Waals surface area contributed by atoms with Crippen LogP contribution in [0.15, 0.2) is 6.07 Å². The molecule has 4 rings (SSSR count). The summed E-state index contributed by atoms with van der Waals surface area (Å²) in [7, 11) is 7.36. The lowest BCUT2D eigenvalue weighted by atomic mass is 9.85. The van der Waals surface area contributed by atoms with Gasteiger partial charge in [-0.2, -0.15) is 0 Å². The highest BCUT2D eigenvalue weighted by Gasteiger charge is 2.43. The highest BCUT2D eigenvalue weighted by atomic mass is 19.1. The lowest BCUT2D eigenvalue weighted by Crippen LogP contribution is -2.47. The fourth-order valence-corrected chi connectivity index (χ4v) is 4.67. The number of benzene rings is 1. The Morgan fingerprint density at radius 3 is 2.55 bits per heavy atom. The van der Waals surface area contributed by atoms with Gasteiger partial charge in [0.05, 0.1) is 18.8 Å². The maximum atomic E-state index is 15.5. The molecule has 1 aromatic rings. The molecule has 1 N–H and O–H groups in total. The van der Waals surface area contributed by atoms with E-state index in [9.17, 15) is 5.11 Å². The zero-order valence-corrected chi connectivity index (χ0v) is 17.8. The molecule has 0 bridgehead atoms. The molecule has 29 heavy (non-hydrogen) atoms. The Bertz CT molecular complexity index is 775. The van der Waals surface area contributed by atoms with Crippen LogP contribution in [0.5, 0.6) is 11.5 Å². The summed E-state index contributed by atoms with van der Waals surface area (Å²) >= 11 is 0. The van der Waals surface area contributed by atoms with Gasteiger partial charge in [0.2, 0.25) is 0 Å². The van der Waals surface area contributed by atoms with Gasteiger partial charge in [-0.25, -0.2) is 4.39 Å². The molecular weight excluding hydrogens is 372 g/mol. The van der Waals surface area contributed by atoms with Crippen molar-refractivity contribution < 1.29 is 23.7 Å². The quantitative estimate of drug-likeness (QED) is 0.604. The molecule has 3 atom stereocenters. The Kier molecular flexibility index (Phi) is 5.37.